The molecule has 0 atom stereocenters. The maximum Gasteiger partial charge on any atom is 0.326 e. The number of rotatable bonds is 6. The summed E-state index contributed by atoms with van der Waals surface area (Å²) in [6.45, 7) is 0.266. The van der Waals surface area contributed by atoms with Crippen LogP contribution >= 0.6 is 0 Å². The second-order valence-corrected chi connectivity index (χ2v) is 5.13. The third kappa shape index (κ3) is 5.10. The highest BCUT2D eigenvalue weighted by atomic mass is 19.1. The van der Waals surface area contributed by atoms with E-state index in [-0.39, 0.29) is 29.3 Å². The van der Waals surface area contributed by atoms with Crippen molar-refractivity contribution in [3.63, 3.8) is 0 Å². The lowest BCUT2D eigenvalue weighted by Crippen LogP contribution is -2.25. The molecule has 1 aromatic carbocycles. The number of ketones is 1. The predicted molar refractivity (Wildman–Crippen MR) is 86.7 cm³/mol. The van der Waals surface area contributed by atoms with Crippen LogP contribution < -0.4 is 10.9 Å². The van der Waals surface area contributed by atoms with E-state index in [1.165, 1.54) is 37.4 Å². The number of amides is 1. The Hall–Kier alpha value is -3.29. The van der Waals surface area contributed by atoms with Crippen molar-refractivity contribution >= 4 is 23.3 Å². The first kappa shape index (κ1) is 18.1. The highest BCUT2D eigenvalue weighted by Gasteiger charge is 2.15. The molecule has 0 radical (unpaired) electrons. The van der Waals surface area contributed by atoms with Gasteiger partial charge in [-0.15, -0.1) is 0 Å². The number of pyridine rings is 1. The van der Waals surface area contributed by atoms with Crippen molar-refractivity contribution in [3.8, 4) is 0 Å². The van der Waals surface area contributed by atoms with Gasteiger partial charge < -0.3 is 14.6 Å². The maximum atomic E-state index is 13.9. The van der Waals surface area contributed by atoms with Gasteiger partial charge in [0.05, 0.1) is 5.56 Å². The first-order chi connectivity index (χ1) is 11.9. The SMILES string of the molecule is CC(=O)Nc1ccc(C(=O)COC(=O)Cn2ccccc2=O)c(F)c1. The number of esters is 1. The molecule has 1 aromatic heterocycles. The minimum atomic E-state index is -0.841. The van der Waals surface area contributed by atoms with Crippen LogP contribution in [0.1, 0.15) is 17.3 Å². The summed E-state index contributed by atoms with van der Waals surface area (Å²) in [5.74, 6) is -2.74. The molecule has 2 aromatic rings. The van der Waals surface area contributed by atoms with Crippen LogP contribution in [-0.4, -0.2) is 28.8 Å². The molecule has 0 bridgehead atoms. The van der Waals surface area contributed by atoms with Crippen LogP contribution in [-0.2, 0) is 20.9 Å². The summed E-state index contributed by atoms with van der Waals surface area (Å²) < 4.78 is 19.8. The third-order valence-corrected chi connectivity index (χ3v) is 3.15. The summed E-state index contributed by atoms with van der Waals surface area (Å²) in [7, 11) is 0. The number of hydrogen-bond donors (Lipinski definition) is 1. The van der Waals surface area contributed by atoms with Crippen LogP contribution in [0.3, 0.4) is 0 Å². The van der Waals surface area contributed by atoms with Gasteiger partial charge in [0.15, 0.2) is 6.61 Å². The topological polar surface area (TPSA) is 94.5 Å². The van der Waals surface area contributed by atoms with E-state index in [9.17, 15) is 23.6 Å². The molecule has 0 aliphatic rings. The largest absolute Gasteiger partial charge is 0.456 e. The van der Waals surface area contributed by atoms with Crippen LogP contribution in [0.2, 0.25) is 0 Å². The van der Waals surface area contributed by atoms with Crippen LogP contribution in [0.4, 0.5) is 10.1 Å². The number of anilines is 1. The normalized spacial score (nSPS) is 10.2. The molecular formula is C17H15FN2O5. The fourth-order valence-electron chi connectivity index (χ4n) is 2.02. The molecule has 2 rings (SSSR count). The number of Topliss-reactive ketones (excluding diaryl/α,β-unsaturated/α-hetero) is 1. The molecule has 0 saturated carbocycles. The number of nitrogens with zero attached hydrogens (tertiary/aromatic N) is 1. The fourth-order valence-corrected chi connectivity index (χ4v) is 2.02. The van der Waals surface area contributed by atoms with Gasteiger partial charge in [-0.1, -0.05) is 6.07 Å². The maximum absolute atomic E-state index is 13.9. The molecule has 0 aliphatic heterocycles. The minimum absolute atomic E-state index is 0.210. The van der Waals surface area contributed by atoms with Crippen LogP contribution in [0, 0.1) is 5.82 Å². The van der Waals surface area contributed by atoms with Crippen molar-refractivity contribution in [3.05, 3.63) is 64.3 Å². The van der Waals surface area contributed by atoms with Crippen molar-refractivity contribution in [2.45, 2.75) is 13.5 Å². The molecule has 0 spiro atoms. The summed E-state index contributed by atoms with van der Waals surface area (Å²) in [6.07, 6.45) is 1.41. The van der Waals surface area contributed by atoms with E-state index < -0.39 is 24.2 Å². The molecule has 0 aliphatic carbocycles. The summed E-state index contributed by atoms with van der Waals surface area (Å²) >= 11 is 0. The van der Waals surface area contributed by atoms with Gasteiger partial charge in [-0.25, -0.2) is 4.39 Å². The zero-order chi connectivity index (χ0) is 18.4. The van der Waals surface area contributed by atoms with Crippen LogP contribution in [0.5, 0.6) is 0 Å². The summed E-state index contributed by atoms with van der Waals surface area (Å²) in [5, 5.41) is 2.39. The first-order valence-corrected chi connectivity index (χ1v) is 7.28. The molecule has 1 heterocycles. The Balaban J connectivity index is 1.96. The molecule has 8 heteroatoms. The van der Waals surface area contributed by atoms with E-state index in [1.54, 1.807) is 6.07 Å². The molecule has 25 heavy (non-hydrogen) atoms. The second-order valence-electron chi connectivity index (χ2n) is 5.13. The number of carbonyl (C=O) groups is 3. The summed E-state index contributed by atoms with van der Waals surface area (Å²) in [5.41, 5.74) is -0.439. The molecule has 0 fully saturated rings. The summed E-state index contributed by atoms with van der Waals surface area (Å²) in [6, 6.07) is 7.94. The first-order valence-electron chi connectivity index (χ1n) is 7.28. The Morgan fingerprint density at radius 3 is 2.60 bits per heavy atom. The molecular weight excluding hydrogens is 331 g/mol. The zero-order valence-corrected chi connectivity index (χ0v) is 13.3. The van der Waals surface area contributed by atoms with E-state index in [4.69, 9.17) is 4.74 Å². The van der Waals surface area contributed by atoms with Gasteiger partial charge in [-0.2, -0.15) is 0 Å². The van der Waals surface area contributed by atoms with Crippen molar-refractivity contribution in [1.82, 2.24) is 4.57 Å². The number of halogens is 1. The van der Waals surface area contributed by atoms with Crippen molar-refractivity contribution in [2.24, 2.45) is 0 Å². The lowest BCUT2D eigenvalue weighted by Gasteiger charge is -2.08. The number of hydrogen-bond acceptors (Lipinski definition) is 5. The average Bonchev–Trinajstić information content (AvgIpc) is 2.54. The van der Waals surface area contributed by atoms with E-state index in [2.05, 4.69) is 5.32 Å². The Bertz CT molecular complexity index is 875. The molecule has 130 valence electrons. The van der Waals surface area contributed by atoms with Gasteiger partial charge in [0.1, 0.15) is 12.4 Å². The van der Waals surface area contributed by atoms with E-state index >= 15 is 0 Å². The number of benzene rings is 1. The van der Waals surface area contributed by atoms with Gasteiger partial charge in [0, 0.05) is 24.9 Å². The lowest BCUT2D eigenvalue weighted by atomic mass is 10.1. The molecule has 1 N–H and O–H groups in total. The Labute approximate surface area is 142 Å². The lowest BCUT2D eigenvalue weighted by molar-refractivity contribution is -0.143. The average molecular weight is 346 g/mol. The highest BCUT2D eigenvalue weighted by Crippen LogP contribution is 2.15. The fraction of sp³-hybridized carbons (Fsp3) is 0.176. The van der Waals surface area contributed by atoms with Gasteiger partial charge in [0.25, 0.3) is 5.56 Å². The van der Waals surface area contributed by atoms with Crippen molar-refractivity contribution < 1.29 is 23.5 Å². The Morgan fingerprint density at radius 1 is 1.20 bits per heavy atom. The number of carbonyl (C=O) groups excluding carboxylic acids is 3. The Morgan fingerprint density at radius 2 is 1.96 bits per heavy atom. The smallest absolute Gasteiger partial charge is 0.326 e. The van der Waals surface area contributed by atoms with Crippen molar-refractivity contribution in [2.75, 3.05) is 11.9 Å². The monoisotopic (exact) mass is 346 g/mol. The number of nitrogens with one attached hydrogen (secondary N) is 1. The van der Waals surface area contributed by atoms with E-state index in [0.717, 1.165) is 10.6 Å². The molecule has 0 unspecified atom stereocenters. The van der Waals surface area contributed by atoms with Gasteiger partial charge in [-0.3, -0.25) is 19.2 Å². The summed E-state index contributed by atoms with van der Waals surface area (Å²) in [4.78, 5) is 46.0. The highest BCUT2D eigenvalue weighted by molar-refractivity contribution is 5.99. The van der Waals surface area contributed by atoms with E-state index in [0.29, 0.717) is 0 Å². The minimum Gasteiger partial charge on any atom is -0.456 e. The van der Waals surface area contributed by atoms with Crippen LogP contribution in [0.25, 0.3) is 0 Å². The van der Waals surface area contributed by atoms with Gasteiger partial charge >= 0.3 is 5.97 Å². The Kier molecular flexibility index (Phi) is 5.78. The molecule has 7 nitrogen and oxygen atoms in total. The van der Waals surface area contributed by atoms with Gasteiger partial charge in [-0.05, 0) is 24.3 Å². The van der Waals surface area contributed by atoms with Gasteiger partial charge in [0.2, 0.25) is 11.7 Å². The van der Waals surface area contributed by atoms with E-state index in [1.807, 2.05) is 0 Å². The van der Waals surface area contributed by atoms with Crippen LogP contribution in [0.15, 0.2) is 47.4 Å². The predicted octanol–water partition coefficient (Wildman–Crippen LogP) is 1.37. The third-order valence-electron chi connectivity index (χ3n) is 3.15. The quantitative estimate of drug-likeness (QED) is 0.630. The van der Waals surface area contributed by atoms with Crippen molar-refractivity contribution in [1.29, 1.82) is 0 Å². The molecule has 0 saturated heterocycles. The molecule has 1 amide bonds. The zero-order valence-electron chi connectivity index (χ0n) is 13.3. The standard InChI is InChI=1S/C17H15FN2O5/c1-11(21)19-12-5-6-13(14(18)8-12)15(22)10-25-17(24)9-20-7-3-2-4-16(20)23/h2-8H,9-10H2,1H3,(H,19,21). The number of ether oxygens (including phenoxy) is 1. The second kappa shape index (κ2) is 8.00. The number of aromatic nitrogens is 1.